The van der Waals surface area contributed by atoms with Crippen molar-refractivity contribution in [3.63, 3.8) is 0 Å². The van der Waals surface area contributed by atoms with Crippen LogP contribution in [0.15, 0.2) is 30.3 Å². The SMILES string of the molecule is Cc1nn(-c2ccccc2)c(C)c1CN(C)S(=O)(=O)N(C)CCC#N. The molecule has 2 rings (SSSR count). The Bertz CT molecular complexity index is 868. The molecule has 0 bridgehead atoms. The number of para-hydroxylation sites is 1. The van der Waals surface area contributed by atoms with Crippen LogP contribution in [0.25, 0.3) is 5.69 Å². The Hall–Kier alpha value is -2.21. The molecule has 25 heavy (non-hydrogen) atoms. The van der Waals surface area contributed by atoms with Crippen LogP contribution in [-0.2, 0) is 16.8 Å². The summed E-state index contributed by atoms with van der Waals surface area (Å²) in [6.07, 6.45) is 0.160. The summed E-state index contributed by atoms with van der Waals surface area (Å²) in [5.74, 6) is 0. The van der Waals surface area contributed by atoms with E-state index in [1.165, 1.54) is 22.7 Å². The van der Waals surface area contributed by atoms with Gasteiger partial charge < -0.3 is 0 Å². The highest BCUT2D eigenvalue weighted by Crippen LogP contribution is 2.20. The number of aryl methyl sites for hydroxylation is 1. The van der Waals surface area contributed by atoms with Gasteiger partial charge in [0.15, 0.2) is 0 Å². The molecule has 134 valence electrons. The van der Waals surface area contributed by atoms with Gasteiger partial charge in [-0.25, -0.2) is 4.68 Å². The topological polar surface area (TPSA) is 82.2 Å². The van der Waals surface area contributed by atoms with E-state index in [0.29, 0.717) is 0 Å². The number of benzene rings is 1. The van der Waals surface area contributed by atoms with Crippen molar-refractivity contribution in [2.24, 2.45) is 0 Å². The lowest BCUT2D eigenvalue weighted by molar-refractivity contribution is 0.392. The molecule has 1 heterocycles. The van der Waals surface area contributed by atoms with E-state index in [1.807, 2.05) is 54.9 Å². The molecule has 0 N–H and O–H groups in total. The molecule has 1 aromatic carbocycles. The van der Waals surface area contributed by atoms with Gasteiger partial charge in [0.05, 0.1) is 17.5 Å². The lowest BCUT2D eigenvalue weighted by Crippen LogP contribution is -2.39. The maximum Gasteiger partial charge on any atom is 0.281 e. The lowest BCUT2D eigenvalue weighted by atomic mass is 10.2. The molecule has 0 fully saturated rings. The smallest absolute Gasteiger partial charge is 0.238 e. The van der Waals surface area contributed by atoms with Gasteiger partial charge in [0.2, 0.25) is 0 Å². The Kier molecular flexibility index (Phi) is 5.95. The Morgan fingerprint density at radius 1 is 1.16 bits per heavy atom. The minimum absolute atomic E-state index is 0.160. The molecule has 7 nitrogen and oxygen atoms in total. The molecule has 2 aromatic rings. The van der Waals surface area contributed by atoms with Crippen molar-refractivity contribution in [1.82, 2.24) is 18.4 Å². The Balaban J connectivity index is 2.26. The molecule has 0 amide bonds. The third kappa shape index (κ3) is 4.07. The van der Waals surface area contributed by atoms with Crippen LogP contribution in [0.4, 0.5) is 0 Å². The number of hydrogen-bond acceptors (Lipinski definition) is 4. The van der Waals surface area contributed by atoms with Crippen molar-refractivity contribution in [1.29, 1.82) is 5.26 Å². The summed E-state index contributed by atoms with van der Waals surface area (Å²) in [6, 6.07) is 11.7. The zero-order valence-electron chi connectivity index (χ0n) is 15.0. The van der Waals surface area contributed by atoms with Crippen LogP contribution in [0.1, 0.15) is 23.4 Å². The number of nitriles is 1. The summed E-state index contributed by atoms with van der Waals surface area (Å²) in [5.41, 5.74) is 3.52. The molecule has 0 atom stereocenters. The summed E-state index contributed by atoms with van der Waals surface area (Å²) < 4.78 is 29.4. The monoisotopic (exact) mass is 361 g/mol. The van der Waals surface area contributed by atoms with Crippen molar-refractivity contribution in [3.05, 3.63) is 47.3 Å². The first-order chi connectivity index (χ1) is 11.8. The molecule has 0 unspecified atom stereocenters. The Morgan fingerprint density at radius 2 is 1.80 bits per heavy atom. The van der Waals surface area contributed by atoms with Crippen LogP contribution < -0.4 is 0 Å². The van der Waals surface area contributed by atoms with Gasteiger partial charge in [-0.1, -0.05) is 18.2 Å². The van der Waals surface area contributed by atoms with Gasteiger partial charge >= 0.3 is 0 Å². The average molecular weight is 361 g/mol. The second-order valence-corrected chi connectivity index (χ2v) is 8.03. The Morgan fingerprint density at radius 3 is 2.40 bits per heavy atom. The van der Waals surface area contributed by atoms with Gasteiger partial charge in [0.25, 0.3) is 10.2 Å². The summed E-state index contributed by atoms with van der Waals surface area (Å²) in [4.78, 5) is 0. The van der Waals surface area contributed by atoms with E-state index in [4.69, 9.17) is 5.26 Å². The third-order valence-corrected chi connectivity index (χ3v) is 6.04. The van der Waals surface area contributed by atoms with Crippen LogP contribution in [0.5, 0.6) is 0 Å². The molecular weight excluding hydrogens is 338 g/mol. The van der Waals surface area contributed by atoms with Gasteiger partial charge in [-0.3, -0.25) is 0 Å². The largest absolute Gasteiger partial charge is 0.281 e. The standard InChI is InChI=1S/C17H23N5O2S/c1-14-17(13-21(4)25(23,24)20(3)12-8-11-18)15(2)22(19-14)16-9-6-5-7-10-16/h5-7,9-10H,8,12-13H2,1-4H3. The van der Waals surface area contributed by atoms with Crippen LogP contribution in [0.2, 0.25) is 0 Å². The number of aromatic nitrogens is 2. The van der Waals surface area contributed by atoms with E-state index in [1.54, 1.807) is 0 Å². The molecule has 8 heteroatoms. The minimum atomic E-state index is -3.62. The maximum absolute atomic E-state index is 12.6. The van der Waals surface area contributed by atoms with E-state index in [-0.39, 0.29) is 19.5 Å². The van der Waals surface area contributed by atoms with Gasteiger partial charge in [0.1, 0.15) is 0 Å². The van der Waals surface area contributed by atoms with Crippen LogP contribution in [0, 0.1) is 25.2 Å². The normalized spacial score (nSPS) is 11.9. The van der Waals surface area contributed by atoms with Gasteiger partial charge in [-0.05, 0) is 26.0 Å². The number of rotatable bonds is 7. The fourth-order valence-electron chi connectivity index (χ4n) is 2.59. The maximum atomic E-state index is 12.6. The second-order valence-electron chi connectivity index (χ2n) is 5.89. The third-order valence-electron chi connectivity index (χ3n) is 4.15. The lowest BCUT2D eigenvalue weighted by Gasteiger charge is -2.23. The molecule has 0 radical (unpaired) electrons. The first-order valence-electron chi connectivity index (χ1n) is 7.94. The molecule has 0 saturated heterocycles. The second kappa shape index (κ2) is 7.78. The molecule has 0 aliphatic heterocycles. The highest BCUT2D eigenvalue weighted by molar-refractivity contribution is 7.86. The van der Waals surface area contributed by atoms with E-state index in [9.17, 15) is 8.42 Å². The predicted molar refractivity (Wildman–Crippen MR) is 96.3 cm³/mol. The molecule has 1 aromatic heterocycles. The van der Waals surface area contributed by atoms with Gasteiger partial charge in [-0.15, -0.1) is 0 Å². The molecule has 0 aliphatic rings. The number of nitrogens with zero attached hydrogens (tertiary/aromatic N) is 5. The van der Waals surface area contributed by atoms with Crippen molar-refractivity contribution >= 4 is 10.2 Å². The Labute approximate surface area is 149 Å². The predicted octanol–water partition coefficient (Wildman–Crippen LogP) is 2.01. The van der Waals surface area contributed by atoms with Crippen molar-refractivity contribution in [2.45, 2.75) is 26.8 Å². The van der Waals surface area contributed by atoms with E-state index >= 15 is 0 Å². The van der Waals surface area contributed by atoms with Gasteiger partial charge in [-0.2, -0.15) is 27.4 Å². The summed E-state index contributed by atoms with van der Waals surface area (Å²) in [7, 11) is -0.599. The minimum Gasteiger partial charge on any atom is -0.238 e. The first-order valence-corrected chi connectivity index (χ1v) is 9.33. The zero-order chi connectivity index (χ0) is 18.6. The first kappa shape index (κ1) is 19.1. The zero-order valence-corrected chi connectivity index (χ0v) is 15.8. The highest BCUT2D eigenvalue weighted by Gasteiger charge is 2.25. The van der Waals surface area contributed by atoms with Gasteiger partial charge in [0, 0.05) is 44.9 Å². The highest BCUT2D eigenvalue weighted by atomic mass is 32.2. The van der Waals surface area contributed by atoms with Crippen LogP contribution in [0.3, 0.4) is 0 Å². The molecule has 0 saturated carbocycles. The van der Waals surface area contributed by atoms with E-state index < -0.39 is 10.2 Å². The fraction of sp³-hybridized carbons (Fsp3) is 0.412. The van der Waals surface area contributed by atoms with Crippen molar-refractivity contribution in [2.75, 3.05) is 20.6 Å². The van der Waals surface area contributed by atoms with E-state index in [2.05, 4.69) is 5.10 Å². The summed E-state index contributed by atoms with van der Waals surface area (Å²) in [5, 5.41) is 13.2. The van der Waals surface area contributed by atoms with Crippen LogP contribution in [-0.4, -0.2) is 47.4 Å². The molecule has 0 aliphatic carbocycles. The van der Waals surface area contributed by atoms with E-state index in [0.717, 1.165) is 22.6 Å². The average Bonchev–Trinajstić information content (AvgIpc) is 2.88. The quantitative estimate of drug-likeness (QED) is 0.755. The molecule has 0 spiro atoms. The van der Waals surface area contributed by atoms with Crippen molar-refractivity contribution in [3.8, 4) is 11.8 Å². The van der Waals surface area contributed by atoms with Crippen LogP contribution >= 0.6 is 0 Å². The molecular formula is C17H23N5O2S. The number of hydrogen-bond donors (Lipinski definition) is 0. The summed E-state index contributed by atoms with van der Waals surface area (Å²) >= 11 is 0. The fourth-order valence-corrected chi connectivity index (χ4v) is 3.68. The van der Waals surface area contributed by atoms with Crippen molar-refractivity contribution < 1.29 is 8.42 Å². The summed E-state index contributed by atoms with van der Waals surface area (Å²) in [6.45, 7) is 4.21.